The van der Waals surface area contributed by atoms with Crippen molar-refractivity contribution in [2.24, 2.45) is 4.99 Å². The monoisotopic (exact) mass is 413 g/mol. The van der Waals surface area contributed by atoms with Crippen molar-refractivity contribution in [3.8, 4) is 11.4 Å². The molecule has 0 saturated carbocycles. The zero-order chi connectivity index (χ0) is 21.3. The summed E-state index contributed by atoms with van der Waals surface area (Å²) in [5.74, 6) is 0.816. The molecule has 2 heterocycles. The Morgan fingerprint density at radius 1 is 0.968 bits per heavy atom. The third-order valence-corrected chi connectivity index (χ3v) is 4.94. The van der Waals surface area contributed by atoms with Crippen LogP contribution in [0.4, 0.5) is 0 Å². The highest BCUT2D eigenvalue weighted by atomic mass is 15.3. The number of para-hydroxylation sites is 1. The molecule has 0 aliphatic carbocycles. The first-order chi connectivity index (χ1) is 15.3. The van der Waals surface area contributed by atoms with Crippen molar-refractivity contribution in [2.75, 3.05) is 13.1 Å². The van der Waals surface area contributed by atoms with Crippen molar-refractivity contribution in [3.63, 3.8) is 0 Å². The number of hydrogen-bond donors (Lipinski definition) is 2. The third kappa shape index (κ3) is 5.39. The predicted octanol–water partition coefficient (Wildman–Crippen LogP) is 3.36. The van der Waals surface area contributed by atoms with Crippen LogP contribution in [0.5, 0.6) is 0 Å². The molecule has 0 aliphatic heterocycles. The number of aromatic nitrogens is 4. The van der Waals surface area contributed by atoms with Crippen molar-refractivity contribution < 1.29 is 0 Å². The zero-order valence-corrected chi connectivity index (χ0v) is 17.6. The maximum atomic E-state index is 4.78. The molecule has 2 aromatic heterocycles. The lowest BCUT2D eigenvalue weighted by atomic mass is 10.1. The molecule has 7 nitrogen and oxygen atoms in total. The summed E-state index contributed by atoms with van der Waals surface area (Å²) in [4.78, 5) is 8.93. The van der Waals surface area contributed by atoms with E-state index in [1.165, 1.54) is 5.56 Å². The lowest BCUT2D eigenvalue weighted by molar-refractivity contribution is 0.798. The Morgan fingerprint density at radius 2 is 1.84 bits per heavy atom. The van der Waals surface area contributed by atoms with E-state index in [9.17, 15) is 0 Å². The number of hydrogen-bond acceptors (Lipinski definition) is 3. The molecule has 158 valence electrons. The molecule has 0 atom stereocenters. The second-order valence-electron chi connectivity index (χ2n) is 7.09. The summed E-state index contributed by atoms with van der Waals surface area (Å²) in [6, 6.07) is 18.6. The van der Waals surface area contributed by atoms with Crippen molar-refractivity contribution in [1.29, 1.82) is 0 Å². The molecule has 0 spiro atoms. The summed E-state index contributed by atoms with van der Waals surface area (Å²) < 4.78 is 3.87. The zero-order valence-electron chi connectivity index (χ0n) is 17.6. The second-order valence-corrected chi connectivity index (χ2v) is 7.09. The van der Waals surface area contributed by atoms with Gasteiger partial charge in [0.25, 0.3) is 0 Å². The van der Waals surface area contributed by atoms with Crippen LogP contribution in [0, 0.1) is 0 Å². The molecule has 0 fully saturated rings. The van der Waals surface area contributed by atoms with Gasteiger partial charge in [0.15, 0.2) is 5.96 Å². The first kappa shape index (κ1) is 20.4. The lowest BCUT2D eigenvalue weighted by Gasteiger charge is -2.13. The molecular weight excluding hydrogens is 386 g/mol. The van der Waals surface area contributed by atoms with Crippen molar-refractivity contribution in [3.05, 3.63) is 96.8 Å². The predicted molar refractivity (Wildman–Crippen MR) is 124 cm³/mol. The van der Waals surface area contributed by atoms with Gasteiger partial charge >= 0.3 is 0 Å². The summed E-state index contributed by atoms with van der Waals surface area (Å²) >= 11 is 0. The fourth-order valence-corrected chi connectivity index (χ4v) is 3.37. The number of guanidine groups is 1. The van der Waals surface area contributed by atoms with Gasteiger partial charge in [0.2, 0.25) is 0 Å². The van der Waals surface area contributed by atoms with E-state index >= 15 is 0 Å². The van der Waals surface area contributed by atoms with Crippen molar-refractivity contribution in [2.45, 2.75) is 19.9 Å². The van der Waals surface area contributed by atoms with E-state index < -0.39 is 0 Å². The molecule has 2 aromatic carbocycles. The Bertz CT molecular complexity index is 1080. The quantitative estimate of drug-likeness (QED) is 0.343. The molecule has 4 aromatic rings. The Balaban J connectivity index is 1.36. The van der Waals surface area contributed by atoms with E-state index in [-0.39, 0.29) is 0 Å². The highest BCUT2D eigenvalue weighted by Crippen LogP contribution is 2.15. The lowest BCUT2D eigenvalue weighted by Crippen LogP contribution is -2.38. The third-order valence-electron chi connectivity index (χ3n) is 4.94. The highest BCUT2D eigenvalue weighted by molar-refractivity contribution is 5.79. The van der Waals surface area contributed by atoms with E-state index in [1.54, 1.807) is 12.4 Å². The van der Waals surface area contributed by atoms with E-state index in [1.807, 2.05) is 46.2 Å². The van der Waals surface area contributed by atoms with E-state index in [2.05, 4.69) is 64.0 Å². The molecule has 31 heavy (non-hydrogen) atoms. The largest absolute Gasteiger partial charge is 0.357 e. The smallest absolute Gasteiger partial charge is 0.191 e. The van der Waals surface area contributed by atoms with Gasteiger partial charge in [-0.25, -0.2) is 14.7 Å². The van der Waals surface area contributed by atoms with Crippen LogP contribution in [-0.2, 0) is 13.0 Å². The van der Waals surface area contributed by atoms with E-state index in [0.717, 1.165) is 42.4 Å². The van der Waals surface area contributed by atoms with Gasteiger partial charge in [0.1, 0.15) is 0 Å². The highest BCUT2D eigenvalue weighted by Gasteiger charge is 2.04. The summed E-state index contributed by atoms with van der Waals surface area (Å²) in [5, 5.41) is 11.0. The standard InChI is InChI=1S/C24H27N7/c1-2-26-24(28-18-21-6-3-4-7-23(21)30-17-15-25-19-30)27-14-12-20-8-10-22(11-9-20)31-16-5-13-29-31/h3-11,13,15-17,19H,2,12,14,18H2,1H3,(H2,26,27,28). The van der Waals surface area contributed by atoms with Crippen molar-refractivity contribution in [1.82, 2.24) is 30.0 Å². The van der Waals surface area contributed by atoms with Crippen molar-refractivity contribution >= 4 is 5.96 Å². The van der Waals surface area contributed by atoms with Crippen LogP contribution in [0.1, 0.15) is 18.1 Å². The fraction of sp³-hybridized carbons (Fsp3) is 0.208. The first-order valence-electron chi connectivity index (χ1n) is 10.5. The Hall–Kier alpha value is -3.87. The number of nitrogens with zero attached hydrogens (tertiary/aromatic N) is 5. The van der Waals surface area contributed by atoms with Crippen LogP contribution in [0.2, 0.25) is 0 Å². The maximum Gasteiger partial charge on any atom is 0.191 e. The first-order valence-corrected chi connectivity index (χ1v) is 10.5. The van der Waals surface area contributed by atoms with Crippen LogP contribution < -0.4 is 10.6 Å². The van der Waals surface area contributed by atoms with Gasteiger partial charge < -0.3 is 15.2 Å². The molecule has 2 N–H and O–H groups in total. The fourth-order valence-electron chi connectivity index (χ4n) is 3.37. The summed E-state index contributed by atoms with van der Waals surface area (Å²) in [5.41, 5.74) is 4.57. The summed E-state index contributed by atoms with van der Waals surface area (Å²) in [6.45, 7) is 4.27. The van der Waals surface area contributed by atoms with Crippen LogP contribution in [-0.4, -0.2) is 38.4 Å². The number of benzene rings is 2. The molecule has 0 bridgehead atoms. The molecule has 4 rings (SSSR count). The second kappa shape index (κ2) is 10.2. The SMILES string of the molecule is CCNC(=NCc1ccccc1-n1ccnc1)NCCc1ccc(-n2cccn2)cc1. The number of aliphatic imine (C=N–C) groups is 1. The minimum absolute atomic E-state index is 0.586. The summed E-state index contributed by atoms with van der Waals surface area (Å²) in [7, 11) is 0. The van der Waals surface area contributed by atoms with Gasteiger partial charge in [-0.1, -0.05) is 30.3 Å². The minimum atomic E-state index is 0.586. The number of nitrogens with one attached hydrogen (secondary N) is 2. The Morgan fingerprint density at radius 3 is 2.58 bits per heavy atom. The molecular formula is C24H27N7. The van der Waals surface area contributed by atoms with Gasteiger partial charge in [0.05, 0.1) is 24.2 Å². The minimum Gasteiger partial charge on any atom is -0.357 e. The molecule has 0 unspecified atom stereocenters. The molecule has 7 heteroatoms. The van der Waals surface area contributed by atoms with Gasteiger partial charge in [-0.05, 0) is 48.7 Å². The van der Waals surface area contributed by atoms with Crippen LogP contribution >= 0.6 is 0 Å². The van der Waals surface area contributed by atoms with Crippen LogP contribution in [0.3, 0.4) is 0 Å². The van der Waals surface area contributed by atoms with Crippen LogP contribution in [0.25, 0.3) is 11.4 Å². The van der Waals surface area contributed by atoms with Gasteiger partial charge in [-0.2, -0.15) is 5.10 Å². The molecule has 0 amide bonds. The normalized spacial score (nSPS) is 11.5. The Labute approximate surface area is 182 Å². The van der Waals surface area contributed by atoms with Gasteiger partial charge in [0, 0.05) is 37.9 Å². The average molecular weight is 414 g/mol. The maximum absolute atomic E-state index is 4.78. The molecule has 0 aliphatic rings. The molecule has 0 radical (unpaired) electrons. The number of rotatable bonds is 8. The molecule has 0 saturated heterocycles. The topological polar surface area (TPSA) is 72.1 Å². The Kier molecular flexibility index (Phi) is 6.74. The van der Waals surface area contributed by atoms with Crippen LogP contribution in [0.15, 0.2) is 90.7 Å². The van der Waals surface area contributed by atoms with Gasteiger partial charge in [-0.3, -0.25) is 0 Å². The van der Waals surface area contributed by atoms with Gasteiger partial charge in [-0.15, -0.1) is 0 Å². The average Bonchev–Trinajstić information content (AvgIpc) is 3.53. The summed E-state index contributed by atoms with van der Waals surface area (Å²) in [6.07, 6.45) is 10.2. The number of imidazole rings is 1. The van der Waals surface area contributed by atoms with E-state index in [4.69, 9.17) is 4.99 Å². The van der Waals surface area contributed by atoms with E-state index in [0.29, 0.717) is 6.54 Å².